The standard InChI is InChI=1S/C25H24N2O5/c1-30-25(29)20-14-27(15-20)24(28)21-12-22(31-16-18-8-4-2-5-9-18)23(13-26-21)32-17-19-10-6-3-7-11-19/h2-13,20H,14-17H2,1H3. The van der Waals surface area contributed by atoms with Crippen LogP contribution in [0.5, 0.6) is 11.5 Å². The molecule has 7 heteroatoms. The zero-order chi connectivity index (χ0) is 22.3. The van der Waals surface area contributed by atoms with Crippen molar-refractivity contribution in [1.29, 1.82) is 0 Å². The molecule has 1 aromatic heterocycles. The Kier molecular flexibility index (Phi) is 6.65. The van der Waals surface area contributed by atoms with E-state index in [1.165, 1.54) is 13.3 Å². The van der Waals surface area contributed by atoms with Crippen LogP contribution in [0.15, 0.2) is 72.9 Å². The van der Waals surface area contributed by atoms with Gasteiger partial charge in [0.1, 0.15) is 18.9 Å². The van der Waals surface area contributed by atoms with Crippen molar-refractivity contribution in [3.63, 3.8) is 0 Å². The molecule has 1 fully saturated rings. The van der Waals surface area contributed by atoms with Crippen molar-refractivity contribution >= 4 is 11.9 Å². The quantitative estimate of drug-likeness (QED) is 0.507. The van der Waals surface area contributed by atoms with Crippen LogP contribution in [0.2, 0.25) is 0 Å². The lowest BCUT2D eigenvalue weighted by atomic mass is 10.00. The van der Waals surface area contributed by atoms with Crippen molar-refractivity contribution in [2.45, 2.75) is 13.2 Å². The first-order chi connectivity index (χ1) is 15.6. The number of carbonyl (C=O) groups excluding carboxylic acids is 2. The van der Waals surface area contributed by atoms with Gasteiger partial charge < -0.3 is 19.1 Å². The van der Waals surface area contributed by atoms with Gasteiger partial charge in [-0.15, -0.1) is 0 Å². The minimum atomic E-state index is -0.307. The Labute approximate surface area is 186 Å². The molecule has 0 saturated carbocycles. The molecule has 0 bridgehead atoms. The fourth-order valence-corrected chi connectivity index (χ4v) is 3.36. The predicted molar refractivity (Wildman–Crippen MR) is 117 cm³/mol. The van der Waals surface area contributed by atoms with Crippen LogP contribution in [0.3, 0.4) is 0 Å². The van der Waals surface area contributed by atoms with Crippen LogP contribution in [0, 0.1) is 5.92 Å². The fourth-order valence-electron chi connectivity index (χ4n) is 3.36. The number of aromatic nitrogens is 1. The Morgan fingerprint density at radius 2 is 1.47 bits per heavy atom. The zero-order valence-corrected chi connectivity index (χ0v) is 17.8. The SMILES string of the molecule is COC(=O)C1CN(C(=O)c2cc(OCc3ccccc3)c(OCc3ccccc3)cn2)C1. The van der Waals surface area contributed by atoms with Gasteiger partial charge in [0.25, 0.3) is 5.91 Å². The number of ether oxygens (including phenoxy) is 3. The van der Waals surface area contributed by atoms with Crippen LogP contribution in [-0.2, 0) is 22.7 Å². The Bertz CT molecular complexity index is 1070. The third-order valence-corrected chi connectivity index (χ3v) is 5.23. The molecule has 3 aromatic rings. The van der Waals surface area contributed by atoms with E-state index in [1.807, 2.05) is 60.7 Å². The molecule has 2 heterocycles. The molecule has 0 aliphatic carbocycles. The molecule has 0 unspecified atom stereocenters. The minimum Gasteiger partial charge on any atom is -0.485 e. The van der Waals surface area contributed by atoms with Crippen LogP contribution in [0.4, 0.5) is 0 Å². The summed E-state index contributed by atoms with van der Waals surface area (Å²) in [6, 6.07) is 21.1. The molecule has 32 heavy (non-hydrogen) atoms. The average molecular weight is 432 g/mol. The van der Waals surface area contributed by atoms with Gasteiger partial charge in [-0.1, -0.05) is 60.7 Å². The second kappa shape index (κ2) is 9.96. The van der Waals surface area contributed by atoms with Gasteiger partial charge in [0.15, 0.2) is 11.5 Å². The molecule has 1 saturated heterocycles. The van der Waals surface area contributed by atoms with E-state index in [1.54, 1.807) is 11.0 Å². The number of methoxy groups -OCH3 is 1. The monoisotopic (exact) mass is 432 g/mol. The largest absolute Gasteiger partial charge is 0.485 e. The number of rotatable bonds is 8. The fraction of sp³-hybridized carbons (Fsp3) is 0.240. The summed E-state index contributed by atoms with van der Waals surface area (Å²) >= 11 is 0. The first-order valence-electron chi connectivity index (χ1n) is 10.3. The van der Waals surface area contributed by atoms with E-state index in [0.717, 1.165) is 11.1 Å². The highest BCUT2D eigenvalue weighted by Gasteiger charge is 2.37. The first-order valence-corrected chi connectivity index (χ1v) is 10.3. The number of esters is 1. The molecule has 1 amide bonds. The highest BCUT2D eigenvalue weighted by molar-refractivity contribution is 5.94. The molecule has 164 valence electrons. The van der Waals surface area contributed by atoms with Gasteiger partial charge in [-0.2, -0.15) is 0 Å². The van der Waals surface area contributed by atoms with Crippen molar-refractivity contribution in [3.8, 4) is 11.5 Å². The predicted octanol–water partition coefficient (Wildman–Crippen LogP) is 3.48. The third-order valence-electron chi connectivity index (χ3n) is 5.23. The lowest BCUT2D eigenvalue weighted by Crippen LogP contribution is -2.53. The van der Waals surface area contributed by atoms with Crippen molar-refractivity contribution in [3.05, 3.63) is 89.7 Å². The highest BCUT2D eigenvalue weighted by atomic mass is 16.5. The maximum atomic E-state index is 12.8. The number of hydrogen-bond acceptors (Lipinski definition) is 6. The zero-order valence-electron chi connectivity index (χ0n) is 17.8. The molecule has 1 aliphatic rings. The molecule has 1 aliphatic heterocycles. The van der Waals surface area contributed by atoms with E-state index < -0.39 is 0 Å². The number of nitrogens with zero attached hydrogens (tertiary/aromatic N) is 2. The minimum absolute atomic E-state index is 0.239. The summed E-state index contributed by atoms with van der Waals surface area (Å²) < 4.78 is 16.7. The van der Waals surface area contributed by atoms with E-state index in [2.05, 4.69) is 4.98 Å². The summed E-state index contributed by atoms with van der Waals surface area (Å²) in [6.45, 7) is 1.32. The second-order valence-corrected chi connectivity index (χ2v) is 7.50. The lowest BCUT2D eigenvalue weighted by Gasteiger charge is -2.37. The second-order valence-electron chi connectivity index (χ2n) is 7.50. The Hall–Kier alpha value is -3.87. The maximum Gasteiger partial charge on any atom is 0.312 e. The molecule has 0 N–H and O–H groups in total. The van der Waals surface area contributed by atoms with Crippen LogP contribution in [0.1, 0.15) is 21.6 Å². The lowest BCUT2D eigenvalue weighted by molar-refractivity contribution is -0.149. The number of benzene rings is 2. The molecule has 2 aromatic carbocycles. The van der Waals surface area contributed by atoms with Crippen molar-refractivity contribution in [2.75, 3.05) is 20.2 Å². The Morgan fingerprint density at radius 3 is 2.03 bits per heavy atom. The van der Waals surface area contributed by atoms with Gasteiger partial charge in [0.05, 0.1) is 19.2 Å². The average Bonchev–Trinajstić information content (AvgIpc) is 2.81. The molecule has 0 atom stereocenters. The molecule has 7 nitrogen and oxygen atoms in total. The Balaban J connectivity index is 1.49. The number of carbonyl (C=O) groups is 2. The summed E-state index contributed by atoms with van der Waals surface area (Å²) in [5.41, 5.74) is 2.24. The normalized spacial score (nSPS) is 13.2. The van der Waals surface area contributed by atoms with Gasteiger partial charge in [-0.3, -0.25) is 9.59 Å². The molecular formula is C25H24N2O5. The van der Waals surface area contributed by atoms with Gasteiger partial charge in [0.2, 0.25) is 0 Å². The van der Waals surface area contributed by atoms with Crippen LogP contribution < -0.4 is 9.47 Å². The summed E-state index contributed by atoms with van der Waals surface area (Å²) in [4.78, 5) is 30.3. The number of amides is 1. The number of pyridine rings is 1. The third kappa shape index (κ3) is 5.06. The Morgan fingerprint density at radius 1 is 0.906 bits per heavy atom. The van der Waals surface area contributed by atoms with E-state index in [9.17, 15) is 9.59 Å². The number of hydrogen-bond donors (Lipinski definition) is 0. The number of likely N-dealkylation sites (tertiary alicyclic amines) is 1. The molecular weight excluding hydrogens is 408 g/mol. The van der Waals surface area contributed by atoms with Crippen LogP contribution >= 0.6 is 0 Å². The molecule has 0 spiro atoms. The van der Waals surface area contributed by atoms with Gasteiger partial charge in [-0.25, -0.2) is 4.98 Å². The topological polar surface area (TPSA) is 78.0 Å². The molecule has 4 rings (SSSR count). The summed E-state index contributed by atoms with van der Waals surface area (Å²) in [5, 5.41) is 0. The van der Waals surface area contributed by atoms with Crippen LogP contribution in [0.25, 0.3) is 0 Å². The van der Waals surface area contributed by atoms with Gasteiger partial charge in [0, 0.05) is 19.2 Å². The molecule has 0 radical (unpaired) electrons. The summed E-state index contributed by atoms with van der Waals surface area (Å²) in [6.07, 6.45) is 1.51. The first kappa shape index (κ1) is 21.4. The van der Waals surface area contributed by atoms with E-state index in [4.69, 9.17) is 14.2 Å². The van der Waals surface area contributed by atoms with Crippen molar-refractivity contribution < 1.29 is 23.8 Å². The van der Waals surface area contributed by atoms with Crippen molar-refractivity contribution in [2.24, 2.45) is 5.92 Å². The van der Waals surface area contributed by atoms with Crippen molar-refractivity contribution in [1.82, 2.24) is 9.88 Å². The van der Waals surface area contributed by atoms with Gasteiger partial charge in [-0.05, 0) is 11.1 Å². The van der Waals surface area contributed by atoms with E-state index >= 15 is 0 Å². The maximum absolute atomic E-state index is 12.8. The van der Waals surface area contributed by atoms with E-state index in [0.29, 0.717) is 37.8 Å². The smallest absolute Gasteiger partial charge is 0.312 e. The highest BCUT2D eigenvalue weighted by Crippen LogP contribution is 2.30. The summed E-state index contributed by atoms with van der Waals surface area (Å²) in [7, 11) is 1.35. The van der Waals surface area contributed by atoms with Crippen LogP contribution in [-0.4, -0.2) is 42.0 Å². The van der Waals surface area contributed by atoms with E-state index in [-0.39, 0.29) is 23.5 Å². The summed E-state index contributed by atoms with van der Waals surface area (Å²) in [5.74, 6) is 0.0414. The van der Waals surface area contributed by atoms with Gasteiger partial charge >= 0.3 is 5.97 Å².